The summed E-state index contributed by atoms with van der Waals surface area (Å²) in [5.74, 6) is 0.352. The Morgan fingerprint density at radius 2 is 1.83 bits per heavy atom. The third-order valence-corrected chi connectivity index (χ3v) is 6.24. The largest absolute Gasteiger partial charge is 0.311 e. The lowest BCUT2D eigenvalue weighted by Gasteiger charge is -2.22. The number of carbonyl (C=O) groups is 1. The third kappa shape index (κ3) is 3.81. The van der Waals surface area contributed by atoms with Gasteiger partial charge in [-0.2, -0.15) is 0 Å². The molecular weight excluding hydrogens is 382 g/mol. The van der Waals surface area contributed by atoms with Crippen LogP contribution in [0.1, 0.15) is 26.3 Å². The summed E-state index contributed by atoms with van der Waals surface area (Å²) in [7, 11) is 0. The molecule has 1 atom stereocenters. The van der Waals surface area contributed by atoms with Crippen LogP contribution in [-0.4, -0.2) is 27.3 Å². The Hall–Kier alpha value is -2.60. The van der Waals surface area contributed by atoms with Crippen molar-refractivity contribution < 1.29 is 4.79 Å². The number of anilines is 1. The molecule has 0 fully saturated rings. The van der Waals surface area contributed by atoms with Crippen LogP contribution in [0.3, 0.4) is 0 Å². The number of hydrogen-bond donors (Lipinski definition) is 0. The van der Waals surface area contributed by atoms with Crippen molar-refractivity contribution in [3.63, 3.8) is 0 Å². The smallest absolute Gasteiger partial charge is 0.262 e. The van der Waals surface area contributed by atoms with E-state index in [1.165, 1.54) is 17.3 Å². The number of hydrogen-bond acceptors (Lipinski definition) is 4. The van der Waals surface area contributed by atoms with Crippen LogP contribution in [0.15, 0.2) is 58.5 Å². The molecule has 0 bridgehead atoms. The van der Waals surface area contributed by atoms with Crippen molar-refractivity contribution in [3.8, 4) is 0 Å². The first-order valence-electron chi connectivity index (χ1n) is 10.0. The second-order valence-corrected chi connectivity index (χ2v) is 9.16. The predicted octanol–water partition coefficient (Wildman–Crippen LogP) is 4.12. The van der Waals surface area contributed by atoms with Gasteiger partial charge in [-0.05, 0) is 43.0 Å². The quantitative estimate of drug-likeness (QED) is 0.472. The van der Waals surface area contributed by atoms with E-state index in [0.29, 0.717) is 35.1 Å². The van der Waals surface area contributed by atoms with E-state index in [0.717, 1.165) is 12.1 Å². The third-order valence-electron chi connectivity index (χ3n) is 5.16. The summed E-state index contributed by atoms with van der Waals surface area (Å²) in [6.45, 7) is 7.33. The number of carbonyl (C=O) groups excluding carboxylic acids is 1. The van der Waals surface area contributed by atoms with Gasteiger partial charge >= 0.3 is 0 Å². The molecule has 1 amide bonds. The fourth-order valence-corrected chi connectivity index (χ4v) is 4.74. The topological polar surface area (TPSA) is 55.2 Å². The number of para-hydroxylation sites is 2. The predicted molar refractivity (Wildman–Crippen MR) is 119 cm³/mol. The van der Waals surface area contributed by atoms with Gasteiger partial charge in [0.25, 0.3) is 5.56 Å². The molecule has 1 aliphatic rings. The van der Waals surface area contributed by atoms with Gasteiger partial charge in [0.1, 0.15) is 0 Å². The van der Waals surface area contributed by atoms with E-state index < -0.39 is 0 Å². The van der Waals surface area contributed by atoms with Crippen molar-refractivity contribution in [3.05, 3.63) is 64.4 Å². The average Bonchev–Trinajstić information content (AvgIpc) is 3.14. The van der Waals surface area contributed by atoms with E-state index in [1.54, 1.807) is 4.57 Å². The molecule has 29 heavy (non-hydrogen) atoms. The van der Waals surface area contributed by atoms with Crippen LogP contribution in [0.2, 0.25) is 0 Å². The van der Waals surface area contributed by atoms with Crippen molar-refractivity contribution >= 4 is 34.3 Å². The Labute approximate surface area is 174 Å². The number of aromatic nitrogens is 2. The monoisotopic (exact) mass is 407 g/mol. The summed E-state index contributed by atoms with van der Waals surface area (Å²) in [5.41, 5.74) is 2.83. The summed E-state index contributed by atoms with van der Waals surface area (Å²) in [4.78, 5) is 32.9. The molecule has 0 saturated heterocycles. The molecule has 0 saturated carbocycles. The SMILES string of the molecule is CC(C)Cn1c(S[C@H](C)C(=O)N2CCc3ccccc32)nc2ccccc2c1=O. The van der Waals surface area contributed by atoms with Gasteiger partial charge in [-0.1, -0.05) is 55.9 Å². The van der Waals surface area contributed by atoms with E-state index in [4.69, 9.17) is 4.98 Å². The molecule has 1 aromatic heterocycles. The molecule has 0 spiro atoms. The first-order chi connectivity index (χ1) is 14.0. The van der Waals surface area contributed by atoms with Crippen molar-refractivity contribution in [2.24, 2.45) is 5.92 Å². The zero-order valence-electron chi connectivity index (χ0n) is 17.0. The zero-order chi connectivity index (χ0) is 20.5. The van der Waals surface area contributed by atoms with Crippen LogP contribution < -0.4 is 10.5 Å². The van der Waals surface area contributed by atoms with Crippen LogP contribution in [0, 0.1) is 5.92 Å². The highest BCUT2D eigenvalue weighted by molar-refractivity contribution is 8.00. The molecule has 5 nitrogen and oxygen atoms in total. The summed E-state index contributed by atoms with van der Waals surface area (Å²) < 4.78 is 1.72. The lowest BCUT2D eigenvalue weighted by Crippen LogP contribution is -2.36. The van der Waals surface area contributed by atoms with Crippen LogP contribution in [0.25, 0.3) is 10.9 Å². The van der Waals surface area contributed by atoms with Gasteiger partial charge in [-0.3, -0.25) is 14.2 Å². The van der Waals surface area contributed by atoms with E-state index in [9.17, 15) is 9.59 Å². The fourth-order valence-electron chi connectivity index (χ4n) is 3.76. The molecule has 6 heteroatoms. The molecular formula is C23H25N3O2S. The molecule has 2 heterocycles. The molecule has 2 aromatic carbocycles. The van der Waals surface area contributed by atoms with Crippen molar-refractivity contribution in [1.82, 2.24) is 9.55 Å². The number of rotatable bonds is 5. The van der Waals surface area contributed by atoms with Crippen molar-refractivity contribution in [1.29, 1.82) is 0 Å². The zero-order valence-corrected chi connectivity index (χ0v) is 17.8. The molecule has 0 aliphatic carbocycles. The highest BCUT2D eigenvalue weighted by Gasteiger charge is 2.29. The fraction of sp³-hybridized carbons (Fsp3) is 0.348. The molecule has 4 rings (SSSR count). The first kappa shape index (κ1) is 19.7. The molecule has 3 aromatic rings. The lowest BCUT2D eigenvalue weighted by molar-refractivity contribution is -0.117. The van der Waals surface area contributed by atoms with Gasteiger partial charge in [0.05, 0.1) is 16.2 Å². The number of fused-ring (bicyclic) bond motifs is 2. The summed E-state index contributed by atoms with van der Waals surface area (Å²) in [5, 5.41) is 0.883. The van der Waals surface area contributed by atoms with E-state index >= 15 is 0 Å². The second-order valence-electron chi connectivity index (χ2n) is 7.85. The van der Waals surface area contributed by atoms with Gasteiger partial charge in [0.2, 0.25) is 5.91 Å². The average molecular weight is 408 g/mol. The Bertz CT molecular complexity index is 1120. The minimum Gasteiger partial charge on any atom is -0.311 e. The van der Waals surface area contributed by atoms with E-state index in [2.05, 4.69) is 19.9 Å². The van der Waals surface area contributed by atoms with Crippen molar-refractivity contribution in [2.45, 2.75) is 44.1 Å². The summed E-state index contributed by atoms with van der Waals surface area (Å²) in [6, 6.07) is 15.4. The van der Waals surface area contributed by atoms with E-state index in [1.807, 2.05) is 54.3 Å². The number of thioether (sulfide) groups is 1. The minimum absolute atomic E-state index is 0.0435. The number of nitrogens with zero attached hydrogens (tertiary/aromatic N) is 3. The summed E-state index contributed by atoms with van der Waals surface area (Å²) >= 11 is 1.37. The molecule has 150 valence electrons. The molecule has 1 aliphatic heterocycles. The molecule has 0 N–H and O–H groups in total. The number of benzene rings is 2. The maximum absolute atomic E-state index is 13.2. The van der Waals surface area contributed by atoms with Crippen LogP contribution >= 0.6 is 11.8 Å². The van der Waals surface area contributed by atoms with Crippen LogP contribution in [0.4, 0.5) is 5.69 Å². The lowest BCUT2D eigenvalue weighted by atomic mass is 10.2. The maximum Gasteiger partial charge on any atom is 0.262 e. The van der Waals surface area contributed by atoms with Crippen molar-refractivity contribution in [2.75, 3.05) is 11.4 Å². The highest BCUT2D eigenvalue weighted by Crippen LogP contribution is 2.31. The van der Waals surface area contributed by atoms with Gasteiger partial charge in [0, 0.05) is 18.8 Å². The standard InChI is InChI=1S/C23H25N3O2S/c1-15(2)14-26-22(28)18-9-5-6-10-19(18)24-23(26)29-16(3)21(27)25-13-12-17-8-4-7-11-20(17)25/h4-11,15-16H,12-14H2,1-3H3/t16-/m1/s1. The minimum atomic E-state index is -0.340. The second kappa shape index (κ2) is 8.03. The number of amides is 1. The van der Waals surface area contributed by atoms with Crippen LogP contribution in [0.5, 0.6) is 0 Å². The van der Waals surface area contributed by atoms with Gasteiger partial charge in [0.15, 0.2) is 5.16 Å². The Morgan fingerprint density at radius 1 is 1.10 bits per heavy atom. The van der Waals surface area contributed by atoms with Gasteiger partial charge in [-0.15, -0.1) is 0 Å². The van der Waals surface area contributed by atoms with Gasteiger partial charge in [-0.25, -0.2) is 4.98 Å². The maximum atomic E-state index is 13.2. The van der Waals surface area contributed by atoms with E-state index in [-0.39, 0.29) is 16.7 Å². The normalized spacial score (nSPS) is 14.4. The first-order valence-corrected chi connectivity index (χ1v) is 10.9. The van der Waals surface area contributed by atoms with Crippen LogP contribution in [-0.2, 0) is 17.8 Å². The Kier molecular flexibility index (Phi) is 5.46. The Balaban J connectivity index is 1.66. The molecule has 0 unspecified atom stereocenters. The van der Waals surface area contributed by atoms with Gasteiger partial charge < -0.3 is 4.90 Å². The highest BCUT2D eigenvalue weighted by atomic mass is 32.2. The summed E-state index contributed by atoms with van der Waals surface area (Å²) in [6.07, 6.45) is 0.881. The Morgan fingerprint density at radius 3 is 2.62 bits per heavy atom. The molecule has 0 radical (unpaired) electrons.